The minimum Gasteiger partial charge on any atom is -0.480 e. The third-order valence-corrected chi connectivity index (χ3v) is 5.49. The zero-order valence-corrected chi connectivity index (χ0v) is 27.7. The van der Waals surface area contributed by atoms with Gasteiger partial charge in [-0.15, -0.1) is 0 Å². The molecule has 13 heteroatoms. The molecule has 0 radical (unpaired) electrons. The molecule has 0 aliphatic carbocycles. The van der Waals surface area contributed by atoms with E-state index in [2.05, 4.69) is 16.0 Å². The number of rotatable bonds is 17. The van der Waals surface area contributed by atoms with Crippen molar-refractivity contribution >= 4 is 30.2 Å². The van der Waals surface area contributed by atoms with Gasteiger partial charge >= 0.3 is 24.2 Å². The second kappa shape index (κ2) is 19.1. The van der Waals surface area contributed by atoms with Crippen LogP contribution in [-0.2, 0) is 23.8 Å². The summed E-state index contributed by atoms with van der Waals surface area (Å²) in [5, 5.41) is 17.4. The lowest BCUT2D eigenvalue weighted by atomic mass is 10.1. The molecule has 0 bridgehead atoms. The molecule has 0 aliphatic rings. The molecule has 0 spiro atoms. The van der Waals surface area contributed by atoms with E-state index in [-0.39, 0.29) is 19.5 Å². The van der Waals surface area contributed by atoms with E-state index < -0.39 is 59.5 Å². The second-order valence-electron chi connectivity index (χ2n) is 13.5. The summed E-state index contributed by atoms with van der Waals surface area (Å²) in [6.45, 7) is 16.2. The van der Waals surface area contributed by atoms with Gasteiger partial charge in [-0.1, -0.05) is 25.7 Å². The average molecular weight is 617 g/mol. The van der Waals surface area contributed by atoms with Gasteiger partial charge in [0.05, 0.1) is 0 Å². The molecular weight excluding hydrogens is 560 g/mol. The van der Waals surface area contributed by atoms with Gasteiger partial charge in [0.25, 0.3) is 0 Å². The van der Waals surface area contributed by atoms with Gasteiger partial charge in [-0.05, 0) is 88.0 Å². The zero-order chi connectivity index (χ0) is 33.3. The van der Waals surface area contributed by atoms with Gasteiger partial charge in [0.15, 0.2) is 0 Å². The fourth-order valence-corrected chi connectivity index (χ4v) is 3.81. The van der Waals surface area contributed by atoms with Crippen molar-refractivity contribution in [3.63, 3.8) is 0 Å². The summed E-state index contributed by atoms with van der Waals surface area (Å²) in [5.74, 6) is -1.69. The van der Waals surface area contributed by atoms with Gasteiger partial charge in [-0.3, -0.25) is 9.59 Å². The Morgan fingerprint density at radius 3 is 1.51 bits per heavy atom. The van der Waals surface area contributed by atoms with Crippen molar-refractivity contribution in [1.29, 1.82) is 0 Å². The number of carboxylic acids is 1. The third-order valence-electron chi connectivity index (χ3n) is 5.49. The first-order valence-electron chi connectivity index (χ1n) is 15.1. The number of aliphatic carboxylic acids is 1. The monoisotopic (exact) mass is 616 g/mol. The van der Waals surface area contributed by atoms with Crippen molar-refractivity contribution in [1.82, 2.24) is 20.9 Å². The van der Waals surface area contributed by atoms with Crippen LogP contribution in [-0.4, -0.2) is 89.2 Å². The molecule has 0 saturated carbocycles. The minimum absolute atomic E-state index is 0.154. The summed E-state index contributed by atoms with van der Waals surface area (Å²) < 4.78 is 15.7. The summed E-state index contributed by atoms with van der Waals surface area (Å²) in [6.07, 6.45) is 3.57. The van der Waals surface area contributed by atoms with Gasteiger partial charge in [-0.25, -0.2) is 14.4 Å². The molecule has 1 atom stereocenters. The van der Waals surface area contributed by atoms with Gasteiger partial charge in [0.2, 0.25) is 5.91 Å². The Morgan fingerprint density at radius 1 is 0.628 bits per heavy atom. The molecule has 0 aromatic carbocycles. The van der Waals surface area contributed by atoms with E-state index in [1.807, 2.05) is 20.8 Å². The van der Waals surface area contributed by atoms with Crippen LogP contribution < -0.4 is 16.0 Å². The Kier molecular flexibility index (Phi) is 17.7. The maximum Gasteiger partial charge on any atom is 0.408 e. The molecule has 13 nitrogen and oxygen atoms in total. The van der Waals surface area contributed by atoms with E-state index >= 15 is 0 Å². The second-order valence-corrected chi connectivity index (χ2v) is 13.5. The van der Waals surface area contributed by atoms with E-state index in [9.17, 15) is 29.1 Å². The molecular formula is C30H56N4O9. The Morgan fingerprint density at radius 2 is 1.05 bits per heavy atom. The van der Waals surface area contributed by atoms with Crippen LogP contribution in [0.1, 0.15) is 114 Å². The molecule has 0 aliphatic heterocycles. The van der Waals surface area contributed by atoms with Gasteiger partial charge in [-0.2, -0.15) is 0 Å². The largest absolute Gasteiger partial charge is 0.480 e. The number of unbranched alkanes of at least 4 members (excludes halogenated alkanes) is 5. The molecule has 0 rings (SSSR count). The highest BCUT2D eigenvalue weighted by Gasteiger charge is 2.29. The van der Waals surface area contributed by atoms with Gasteiger partial charge in [0, 0.05) is 19.6 Å². The van der Waals surface area contributed by atoms with Crippen molar-refractivity contribution in [2.45, 2.75) is 137 Å². The summed E-state index contributed by atoms with van der Waals surface area (Å²) in [5.41, 5.74) is -1.98. The van der Waals surface area contributed by atoms with E-state index in [0.717, 1.165) is 32.1 Å². The van der Waals surface area contributed by atoms with E-state index in [1.54, 1.807) is 41.5 Å². The number of nitrogens with zero attached hydrogens (tertiary/aromatic N) is 1. The molecule has 43 heavy (non-hydrogen) atoms. The number of hydrogen-bond acceptors (Lipinski definition) is 8. The van der Waals surface area contributed by atoms with Crippen molar-refractivity contribution in [2.24, 2.45) is 0 Å². The molecule has 250 valence electrons. The first-order valence-corrected chi connectivity index (χ1v) is 15.1. The molecule has 0 saturated heterocycles. The Balaban J connectivity index is 4.91. The van der Waals surface area contributed by atoms with Crippen LogP contribution in [0.2, 0.25) is 0 Å². The molecule has 0 fully saturated rings. The lowest BCUT2D eigenvalue weighted by Gasteiger charge is -2.28. The van der Waals surface area contributed by atoms with Crippen molar-refractivity contribution in [3.8, 4) is 0 Å². The summed E-state index contributed by atoms with van der Waals surface area (Å²) in [7, 11) is 0. The lowest BCUT2D eigenvalue weighted by Crippen LogP contribution is -2.51. The SMILES string of the molecule is CC(C)(C)OC(=O)NCCCCCCCCN(CC(=O)O)C(=O)C(CCCNC(=O)OC(C)(C)C)NC(=O)OC(C)(C)C. The first-order chi connectivity index (χ1) is 19.7. The normalized spacial score (nSPS) is 12.5. The highest BCUT2D eigenvalue weighted by atomic mass is 16.6. The van der Waals surface area contributed by atoms with E-state index in [0.29, 0.717) is 19.4 Å². The van der Waals surface area contributed by atoms with Crippen LogP contribution in [0.5, 0.6) is 0 Å². The minimum atomic E-state index is -1.16. The predicted octanol–water partition coefficient (Wildman–Crippen LogP) is 4.96. The van der Waals surface area contributed by atoms with Crippen molar-refractivity contribution < 1.29 is 43.3 Å². The van der Waals surface area contributed by atoms with Gasteiger partial charge in [0.1, 0.15) is 29.4 Å². The van der Waals surface area contributed by atoms with Crippen LogP contribution in [0.25, 0.3) is 0 Å². The maximum absolute atomic E-state index is 13.4. The van der Waals surface area contributed by atoms with Crippen LogP contribution in [0, 0.1) is 0 Å². The van der Waals surface area contributed by atoms with Crippen molar-refractivity contribution in [3.05, 3.63) is 0 Å². The summed E-state index contributed by atoms with van der Waals surface area (Å²) in [4.78, 5) is 62.3. The Bertz CT molecular complexity index is 890. The molecule has 0 heterocycles. The molecule has 0 aromatic rings. The van der Waals surface area contributed by atoms with E-state index in [1.165, 1.54) is 4.90 Å². The zero-order valence-electron chi connectivity index (χ0n) is 27.7. The van der Waals surface area contributed by atoms with Crippen LogP contribution >= 0.6 is 0 Å². The number of carbonyl (C=O) groups excluding carboxylic acids is 4. The number of carbonyl (C=O) groups is 5. The highest BCUT2D eigenvalue weighted by molar-refractivity contribution is 5.88. The molecule has 0 aromatic heterocycles. The van der Waals surface area contributed by atoms with Crippen LogP contribution in [0.4, 0.5) is 14.4 Å². The topological polar surface area (TPSA) is 173 Å². The first kappa shape index (κ1) is 39.8. The maximum atomic E-state index is 13.4. The standard InChI is InChI=1S/C30H56N4O9/c1-28(2,3)41-25(38)31-18-14-12-10-11-13-15-20-34(21-23(35)36)24(37)22(33-27(40)43-30(7,8)9)17-16-19-32-26(39)42-29(4,5)6/h22H,10-21H2,1-9H3,(H,31,38)(H,32,39)(H,33,40)(H,35,36). The summed E-state index contributed by atoms with van der Waals surface area (Å²) >= 11 is 0. The quantitative estimate of drug-likeness (QED) is 0.130. The van der Waals surface area contributed by atoms with Crippen LogP contribution in [0.3, 0.4) is 0 Å². The summed E-state index contributed by atoms with van der Waals surface area (Å²) in [6, 6.07) is -1.04. The smallest absolute Gasteiger partial charge is 0.408 e. The lowest BCUT2D eigenvalue weighted by molar-refractivity contribution is -0.145. The Labute approximate surface area is 257 Å². The number of amides is 4. The number of nitrogens with one attached hydrogen (secondary N) is 3. The predicted molar refractivity (Wildman–Crippen MR) is 163 cm³/mol. The number of alkyl carbamates (subject to hydrolysis) is 3. The van der Waals surface area contributed by atoms with Gasteiger partial charge < -0.3 is 40.2 Å². The van der Waals surface area contributed by atoms with E-state index in [4.69, 9.17) is 14.2 Å². The number of ether oxygens (including phenoxy) is 3. The highest BCUT2D eigenvalue weighted by Crippen LogP contribution is 2.12. The number of carboxylic acid groups (broad SMARTS) is 1. The van der Waals surface area contributed by atoms with Crippen LogP contribution in [0.15, 0.2) is 0 Å². The third kappa shape index (κ3) is 23.9. The molecule has 1 unspecified atom stereocenters. The fourth-order valence-electron chi connectivity index (χ4n) is 3.81. The molecule has 4 N–H and O–H groups in total. The average Bonchev–Trinajstić information content (AvgIpc) is 2.80. The van der Waals surface area contributed by atoms with Crippen molar-refractivity contribution in [2.75, 3.05) is 26.2 Å². The molecule has 4 amide bonds. The Hall–Kier alpha value is -3.25. The fraction of sp³-hybridized carbons (Fsp3) is 0.833. The number of hydrogen-bond donors (Lipinski definition) is 4.